The van der Waals surface area contributed by atoms with Crippen LogP contribution in [-0.4, -0.2) is 53.3 Å². The van der Waals surface area contributed by atoms with Gasteiger partial charge in [0, 0.05) is 50.1 Å². The van der Waals surface area contributed by atoms with E-state index in [4.69, 9.17) is 17.0 Å². The minimum absolute atomic E-state index is 0.134. The average Bonchev–Trinajstić information content (AvgIpc) is 3.42. The predicted molar refractivity (Wildman–Crippen MR) is 129 cm³/mol. The number of anilines is 1. The van der Waals surface area contributed by atoms with E-state index >= 15 is 0 Å². The molecular weight excluding hydrogens is 422 g/mol. The fourth-order valence-electron chi connectivity index (χ4n) is 4.06. The molecule has 2 aromatic heterocycles. The summed E-state index contributed by atoms with van der Waals surface area (Å²) in [5, 5.41) is 4.03. The molecule has 3 heterocycles. The molecule has 166 valence electrons. The summed E-state index contributed by atoms with van der Waals surface area (Å²) in [6, 6.07) is 18.1. The van der Waals surface area contributed by atoms with E-state index in [0.29, 0.717) is 11.7 Å². The van der Waals surface area contributed by atoms with Crippen LogP contribution in [0, 0.1) is 0 Å². The third kappa shape index (κ3) is 4.31. The van der Waals surface area contributed by atoms with Gasteiger partial charge >= 0.3 is 5.97 Å². The Morgan fingerprint density at radius 1 is 1.16 bits per heavy atom. The van der Waals surface area contributed by atoms with Crippen molar-refractivity contribution in [2.45, 2.75) is 18.5 Å². The van der Waals surface area contributed by atoms with Crippen LogP contribution in [0.2, 0.25) is 0 Å². The van der Waals surface area contributed by atoms with Gasteiger partial charge in [0.15, 0.2) is 5.11 Å². The molecule has 0 aliphatic carbocycles. The van der Waals surface area contributed by atoms with Crippen molar-refractivity contribution >= 4 is 29.0 Å². The van der Waals surface area contributed by atoms with E-state index < -0.39 is 0 Å². The molecular formula is C24H27N5O2S. The van der Waals surface area contributed by atoms with E-state index in [0.717, 1.165) is 22.8 Å². The van der Waals surface area contributed by atoms with Gasteiger partial charge in [-0.15, -0.1) is 0 Å². The maximum atomic E-state index is 11.9. The lowest BCUT2D eigenvalue weighted by molar-refractivity contribution is -0.140. The third-order valence-electron chi connectivity index (χ3n) is 5.71. The highest BCUT2D eigenvalue weighted by atomic mass is 32.1. The molecule has 1 aliphatic rings. The van der Waals surface area contributed by atoms with Gasteiger partial charge in [-0.2, -0.15) is 0 Å². The number of hydrogen-bond acceptors (Lipinski definition) is 5. The number of methoxy groups -OCH3 is 1. The molecule has 0 saturated carbocycles. The van der Waals surface area contributed by atoms with Crippen molar-refractivity contribution < 1.29 is 9.53 Å². The molecule has 1 aliphatic heterocycles. The number of benzene rings is 1. The Balaban J connectivity index is 1.74. The summed E-state index contributed by atoms with van der Waals surface area (Å²) in [7, 11) is 5.45. The van der Waals surface area contributed by atoms with Crippen LogP contribution in [0.4, 0.5) is 5.69 Å². The fraction of sp³-hybridized carbons (Fsp3) is 0.292. The number of aromatic nitrogens is 2. The first-order valence-corrected chi connectivity index (χ1v) is 10.9. The molecule has 0 radical (unpaired) electrons. The molecule has 0 amide bonds. The number of rotatable bonds is 7. The Morgan fingerprint density at radius 2 is 1.94 bits per heavy atom. The molecule has 7 nitrogen and oxygen atoms in total. The van der Waals surface area contributed by atoms with Gasteiger partial charge in [-0.05, 0) is 60.7 Å². The molecule has 32 heavy (non-hydrogen) atoms. The largest absolute Gasteiger partial charge is 0.469 e. The van der Waals surface area contributed by atoms with Gasteiger partial charge < -0.3 is 24.4 Å². The van der Waals surface area contributed by atoms with Crippen LogP contribution >= 0.6 is 12.2 Å². The maximum absolute atomic E-state index is 11.9. The van der Waals surface area contributed by atoms with Gasteiger partial charge in [0.05, 0.1) is 31.3 Å². The molecule has 4 rings (SSSR count). The molecule has 1 fully saturated rings. The first-order chi connectivity index (χ1) is 15.5. The number of carbonyl (C=O) groups excluding carboxylic acids is 1. The number of nitrogens with one attached hydrogen (secondary N) is 1. The summed E-state index contributed by atoms with van der Waals surface area (Å²) >= 11 is 5.68. The lowest BCUT2D eigenvalue weighted by Gasteiger charge is -2.28. The molecule has 0 spiro atoms. The lowest BCUT2D eigenvalue weighted by atomic mass is 10.0. The summed E-state index contributed by atoms with van der Waals surface area (Å²) in [4.78, 5) is 20.6. The molecule has 1 saturated heterocycles. The average molecular weight is 450 g/mol. The first kappa shape index (κ1) is 21.8. The van der Waals surface area contributed by atoms with E-state index in [1.54, 1.807) is 6.20 Å². The summed E-state index contributed by atoms with van der Waals surface area (Å²) in [5.41, 5.74) is 4.16. The van der Waals surface area contributed by atoms with Crippen molar-refractivity contribution in [2.24, 2.45) is 0 Å². The van der Waals surface area contributed by atoms with Crippen LogP contribution in [0.3, 0.4) is 0 Å². The molecule has 0 bridgehead atoms. The first-order valence-electron chi connectivity index (χ1n) is 10.5. The van der Waals surface area contributed by atoms with E-state index in [-0.39, 0.29) is 24.5 Å². The highest BCUT2D eigenvalue weighted by molar-refractivity contribution is 7.80. The summed E-state index contributed by atoms with van der Waals surface area (Å²) in [5.74, 6) is -0.262. The Morgan fingerprint density at radius 3 is 2.59 bits per heavy atom. The number of thiocarbonyl (C=S) groups is 1. The molecule has 0 unspecified atom stereocenters. The second-order valence-corrected chi connectivity index (χ2v) is 8.25. The zero-order valence-corrected chi connectivity index (χ0v) is 19.2. The predicted octanol–water partition coefficient (Wildman–Crippen LogP) is 3.47. The zero-order valence-electron chi connectivity index (χ0n) is 18.4. The van der Waals surface area contributed by atoms with Crippen LogP contribution in [0.15, 0.2) is 67.0 Å². The van der Waals surface area contributed by atoms with Crippen molar-refractivity contribution in [3.05, 3.63) is 78.4 Å². The third-order valence-corrected chi connectivity index (χ3v) is 6.06. The number of pyridine rings is 1. The number of hydrogen-bond donors (Lipinski definition) is 1. The van der Waals surface area contributed by atoms with E-state index in [1.807, 2.05) is 38.4 Å². The number of ether oxygens (including phenoxy) is 1. The summed E-state index contributed by atoms with van der Waals surface area (Å²) in [6.07, 6.45) is 4.09. The van der Waals surface area contributed by atoms with Crippen LogP contribution in [0.25, 0.3) is 5.69 Å². The normalized spacial score (nSPS) is 17.8. The molecule has 3 aromatic rings. The monoisotopic (exact) mass is 449 g/mol. The quantitative estimate of drug-likeness (QED) is 0.438. The van der Waals surface area contributed by atoms with Crippen LogP contribution in [0.1, 0.15) is 29.9 Å². The lowest BCUT2D eigenvalue weighted by Crippen LogP contribution is -2.32. The van der Waals surface area contributed by atoms with Gasteiger partial charge in [-0.1, -0.05) is 6.07 Å². The van der Waals surface area contributed by atoms with E-state index in [9.17, 15) is 4.79 Å². The second-order valence-electron chi connectivity index (χ2n) is 7.86. The molecule has 1 N–H and O–H groups in total. The number of nitrogens with zero attached hydrogens (tertiary/aromatic N) is 4. The molecule has 2 atom stereocenters. The molecule has 1 aromatic carbocycles. The second kappa shape index (κ2) is 9.40. The number of carbonyl (C=O) groups is 1. The van der Waals surface area contributed by atoms with E-state index in [2.05, 4.69) is 61.2 Å². The van der Waals surface area contributed by atoms with Gasteiger partial charge in [0.2, 0.25) is 0 Å². The Hall–Kier alpha value is -3.39. The summed E-state index contributed by atoms with van der Waals surface area (Å²) in [6.45, 7) is 0.456. The van der Waals surface area contributed by atoms with E-state index in [1.165, 1.54) is 7.11 Å². The Kier molecular flexibility index (Phi) is 6.41. The SMILES string of the molecule is COC(=O)CCN1C(=S)N[C@H](c2ccccn2)[C@H]1c1cccn1-c1ccc(N(C)C)cc1. The minimum atomic E-state index is -0.262. The van der Waals surface area contributed by atoms with Gasteiger partial charge in [-0.3, -0.25) is 9.78 Å². The Bertz CT molecular complexity index is 1080. The van der Waals surface area contributed by atoms with Crippen LogP contribution in [0.5, 0.6) is 0 Å². The van der Waals surface area contributed by atoms with Crippen LogP contribution < -0.4 is 10.2 Å². The standard InChI is InChI=1S/C24H27N5O2S/c1-27(2)17-9-11-18(12-10-17)28-15-6-8-20(28)23-22(19-7-4-5-14-25-19)26-24(32)29(23)16-13-21(30)31-3/h4-12,14-15,22-23H,13,16H2,1-3H3,(H,26,32)/t22-,23-/m1/s1. The van der Waals surface area contributed by atoms with Gasteiger partial charge in [-0.25, -0.2) is 0 Å². The van der Waals surface area contributed by atoms with Crippen molar-refractivity contribution in [1.82, 2.24) is 19.8 Å². The Labute approximate surface area is 193 Å². The van der Waals surface area contributed by atoms with Crippen LogP contribution in [-0.2, 0) is 9.53 Å². The topological polar surface area (TPSA) is 62.6 Å². The maximum Gasteiger partial charge on any atom is 0.307 e. The minimum Gasteiger partial charge on any atom is -0.469 e. The highest BCUT2D eigenvalue weighted by Gasteiger charge is 2.41. The van der Waals surface area contributed by atoms with Gasteiger partial charge in [0.1, 0.15) is 0 Å². The fourth-order valence-corrected chi connectivity index (χ4v) is 4.40. The molecule has 8 heteroatoms. The smallest absolute Gasteiger partial charge is 0.307 e. The number of esters is 1. The summed E-state index contributed by atoms with van der Waals surface area (Å²) < 4.78 is 7.02. The van der Waals surface area contributed by atoms with Crippen molar-refractivity contribution in [1.29, 1.82) is 0 Å². The van der Waals surface area contributed by atoms with Crippen molar-refractivity contribution in [3.8, 4) is 5.69 Å². The highest BCUT2D eigenvalue weighted by Crippen LogP contribution is 2.39. The van der Waals surface area contributed by atoms with Crippen molar-refractivity contribution in [2.75, 3.05) is 32.6 Å². The zero-order chi connectivity index (χ0) is 22.7. The van der Waals surface area contributed by atoms with Crippen molar-refractivity contribution in [3.63, 3.8) is 0 Å². The van der Waals surface area contributed by atoms with Gasteiger partial charge in [0.25, 0.3) is 0 Å².